The molecular formula is C6H12N2O3. The van der Waals surface area contributed by atoms with Crippen LogP contribution in [-0.2, 0) is 9.59 Å². The normalized spacial score (nSPS) is 5.27. The van der Waals surface area contributed by atoms with Crippen molar-refractivity contribution in [1.29, 1.82) is 5.26 Å². The number of rotatable bonds is 0. The SMILES string of the molecule is CC#N.CC(=O)O.CC(N)=O. The molecule has 0 aliphatic carbocycles. The Morgan fingerprint density at radius 3 is 1.45 bits per heavy atom. The first-order chi connectivity index (χ1) is 4.88. The molecule has 0 bridgehead atoms. The van der Waals surface area contributed by atoms with Crippen molar-refractivity contribution in [2.24, 2.45) is 5.73 Å². The van der Waals surface area contributed by atoms with Crippen molar-refractivity contribution in [2.75, 3.05) is 0 Å². The van der Waals surface area contributed by atoms with Crippen molar-refractivity contribution >= 4 is 11.9 Å². The molecule has 0 aromatic heterocycles. The van der Waals surface area contributed by atoms with Gasteiger partial charge in [0.25, 0.3) is 5.97 Å². The largest absolute Gasteiger partial charge is 0.481 e. The monoisotopic (exact) mass is 160 g/mol. The summed E-state index contributed by atoms with van der Waals surface area (Å²) in [4.78, 5) is 18.2. The molecule has 0 saturated carbocycles. The van der Waals surface area contributed by atoms with Crippen LogP contribution in [0.5, 0.6) is 0 Å². The maximum Gasteiger partial charge on any atom is 0.300 e. The summed E-state index contributed by atoms with van der Waals surface area (Å²) >= 11 is 0. The molecule has 1 amide bonds. The number of nitriles is 1. The van der Waals surface area contributed by atoms with E-state index in [2.05, 4.69) is 5.73 Å². The molecule has 0 saturated heterocycles. The predicted molar refractivity (Wildman–Crippen MR) is 39.5 cm³/mol. The standard InChI is InChI=1S/C2H5NO.C2H3N.C2H4O2/c1-2(3)4;1-2-3;1-2(3)4/h1H3,(H2,3,4);1H3;1H3,(H,3,4). The van der Waals surface area contributed by atoms with Gasteiger partial charge in [-0.3, -0.25) is 9.59 Å². The molecule has 5 nitrogen and oxygen atoms in total. The van der Waals surface area contributed by atoms with Crippen LogP contribution in [0.4, 0.5) is 0 Å². The highest BCUT2D eigenvalue weighted by Crippen LogP contribution is 1.42. The van der Waals surface area contributed by atoms with Gasteiger partial charge in [-0.25, -0.2) is 0 Å². The van der Waals surface area contributed by atoms with E-state index in [1.165, 1.54) is 13.8 Å². The third-order valence-corrected chi connectivity index (χ3v) is 0. The molecule has 5 heteroatoms. The number of carbonyl (C=O) groups excluding carboxylic acids is 1. The topological polar surface area (TPSA) is 104 Å². The highest BCUT2D eigenvalue weighted by molar-refractivity contribution is 5.70. The van der Waals surface area contributed by atoms with E-state index < -0.39 is 5.97 Å². The lowest BCUT2D eigenvalue weighted by molar-refractivity contribution is -0.134. The molecule has 0 heterocycles. The van der Waals surface area contributed by atoms with Crippen LogP contribution in [0.2, 0.25) is 0 Å². The van der Waals surface area contributed by atoms with Crippen LogP contribution in [0, 0.1) is 11.3 Å². The van der Waals surface area contributed by atoms with Gasteiger partial charge < -0.3 is 10.8 Å². The van der Waals surface area contributed by atoms with E-state index >= 15 is 0 Å². The summed E-state index contributed by atoms with van der Waals surface area (Å²) in [5.41, 5.74) is 4.47. The fraction of sp³-hybridized carbons (Fsp3) is 0.500. The van der Waals surface area contributed by atoms with E-state index in [9.17, 15) is 4.79 Å². The molecule has 0 aromatic carbocycles. The molecule has 0 rings (SSSR count). The van der Waals surface area contributed by atoms with E-state index in [0.29, 0.717) is 0 Å². The van der Waals surface area contributed by atoms with Crippen LogP contribution in [0.3, 0.4) is 0 Å². The van der Waals surface area contributed by atoms with Gasteiger partial charge in [0, 0.05) is 20.8 Å². The lowest BCUT2D eigenvalue weighted by Crippen LogP contribution is -2.01. The number of carbonyl (C=O) groups is 2. The number of hydrogen-bond acceptors (Lipinski definition) is 3. The second-order valence-corrected chi connectivity index (χ2v) is 1.35. The van der Waals surface area contributed by atoms with Crippen LogP contribution in [-0.4, -0.2) is 17.0 Å². The van der Waals surface area contributed by atoms with Crippen molar-refractivity contribution in [2.45, 2.75) is 20.8 Å². The summed E-state index contributed by atoms with van der Waals surface area (Å²) in [6.07, 6.45) is 0. The number of carboxylic acid groups (broad SMARTS) is 1. The molecule has 0 unspecified atom stereocenters. The molecule has 0 radical (unpaired) electrons. The number of hydrogen-bond donors (Lipinski definition) is 2. The first kappa shape index (κ1) is 16.2. The maximum atomic E-state index is 9.22. The quantitative estimate of drug-likeness (QED) is 0.524. The smallest absolute Gasteiger partial charge is 0.300 e. The number of primary amides is 1. The first-order valence-electron chi connectivity index (χ1n) is 2.64. The lowest BCUT2D eigenvalue weighted by atomic mass is 10.8. The minimum atomic E-state index is -0.833. The molecule has 11 heavy (non-hydrogen) atoms. The van der Waals surface area contributed by atoms with E-state index in [0.717, 1.165) is 6.92 Å². The van der Waals surface area contributed by atoms with E-state index in [-0.39, 0.29) is 5.91 Å². The van der Waals surface area contributed by atoms with Crippen LogP contribution < -0.4 is 5.73 Å². The van der Waals surface area contributed by atoms with Crippen molar-refractivity contribution in [3.63, 3.8) is 0 Å². The van der Waals surface area contributed by atoms with Crippen LogP contribution in [0.1, 0.15) is 20.8 Å². The van der Waals surface area contributed by atoms with Crippen molar-refractivity contribution < 1.29 is 14.7 Å². The molecule has 0 aliphatic rings. The number of aliphatic carboxylic acids is 1. The molecule has 0 fully saturated rings. The van der Waals surface area contributed by atoms with Gasteiger partial charge in [-0.15, -0.1) is 0 Å². The van der Waals surface area contributed by atoms with Crippen LogP contribution in [0.25, 0.3) is 0 Å². The van der Waals surface area contributed by atoms with Gasteiger partial charge in [-0.1, -0.05) is 0 Å². The Bertz CT molecular complexity index is 128. The molecule has 0 atom stereocenters. The minimum Gasteiger partial charge on any atom is -0.481 e. The summed E-state index contributed by atoms with van der Waals surface area (Å²) in [6, 6.07) is 1.75. The zero-order valence-electron chi connectivity index (χ0n) is 6.79. The molecule has 64 valence electrons. The van der Waals surface area contributed by atoms with Gasteiger partial charge in [-0.05, 0) is 0 Å². The van der Waals surface area contributed by atoms with Gasteiger partial charge in [-0.2, -0.15) is 5.26 Å². The number of nitrogens with zero attached hydrogens (tertiary/aromatic N) is 1. The average Bonchev–Trinajstić information content (AvgIpc) is 1.60. The second kappa shape index (κ2) is 15.8. The average molecular weight is 160 g/mol. The Kier molecular flexibility index (Phi) is 23.3. The van der Waals surface area contributed by atoms with Crippen molar-refractivity contribution in [3.8, 4) is 6.07 Å². The predicted octanol–water partition coefficient (Wildman–Crippen LogP) is 0.112. The third-order valence-electron chi connectivity index (χ3n) is 0. The van der Waals surface area contributed by atoms with Crippen molar-refractivity contribution in [3.05, 3.63) is 0 Å². The van der Waals surface area contributed by atoms with Crippen LogP contribution >= 0.6 is 0 Å². The zero-order chi connectivity index (χ0) is 9.86. The molecule has 3 N–H and O–H groups in total. The summed E-state index contributed by atoms with van der Waals surface area (Å²) in [5.74, 6) is -1.17. The Balaban J connectivity index is -0.0000000886. The van der Waals surface area contributed by atoms with Crippen LogP contribution in [0.15, 0.2) is 0 Å². The summed E-state index contributed by atoms with van der Waals surface area (Å²) in [5, 5.41) is 14.7. The third kappa shape index (κ3) is 141. The lowest BCUT2D eigenvalue weighted by Gasteiger charge is -1.60. The summed E-state index contributed by atoms with van der Waals surface area (Å²) in [7, 11) is 0. The molecular weight excluding hydrogens is 148 g/mol. The fourth-order valence-electron chi connectivity index (χ4n) is 0. The summed E-state index contributed by atoms with van der Waals surface area (Å²) < 4.78 is 0. The Morgan fingerprint density at radius 2 is 1.45 bits per heavy atom. The minimum absolute atomic E-state index is 0.333. The highest BCUT2D eigenvalue weighted by atomic mass is 16.4. The first-order valence-corrected chi connectivity index (χ1v) is 2.64. The number of carboxylic acids is 1. The Hall–Kier alpha value is -1.57. The Morgan fingerprint density at radius 1 is 1.45 bits per heavy atom. The van der Waals surface area contributed by atoms with E-state index in [1.807, 2.05) is 0 Å². The van der Waals surface area contributed by atoms with E-state index in [1.54, 1.807) is 6.07 Å². The van der Waals surface area contributed by atoms with Crippen molar-refractivity contribution in [1.82, 2.24) is 0 Å². The van der Waals surface area contributed by atoms with Gasteiger partial charge in [0.2, 0.25) is 5.91 Å². The number of amides is 1. The van der Waals surface area contributed by atoms with Gasteiger partial charge >= 0.3 is 0 Å². The maximum absolute atomic E-state index is 9.22. The van der Waals surface area contributed by atoms with Gasteiger partial charge in [0.1, 0.15) is 0 Å². The summed E-state index contributed by atoms with van der Waals surface area (Å²) in [6.45, 7) is 3.82. The van der Waals surface area contributed by atoms with Gasteiger partial charge in [0.15, 0.2) is 0 Å². The zero-order valence-corrected chi connectivity index (χ0v) is 6.79. The molecule has 0 spiro atoms. The van der Waals surface area contributed by atoms with E-state index in [4.69, 9.17) is 15.2 Å². The molecule has 0 aromatic rings. The second-order valence-electron chi connectivity index (χ2n) is 1.35. The Labute approximate surface area is 65.4 Å². The number of nitrogens with two attached hydrogens (primary N) is 1. The highest BCUT2D eigenvalue weighted by Gasteiger charge is 1.65. The van der Waals surface area contributed by atoms with Gasteiger partial charge in [0.05, 0.1) is 6.07 Å². The fourth-order valence-corrected chi connectivity index (χ4v) is 0. The molecule has 0 aliphatic heterocycles.